The molecule has 2 N–H and O–H groups in total. The number of para-hydroxylation sites is 1. The molecule has 1 aliphatic heterocycles. The Labute approximate surface area is 231 Å². The molecule has 2 unspecified atom stereocenters. The van der Waals surface area contributed by atoms with Crippen LogP contribution in [-0.4, -0.2) is 37.3 Å². The van der Waals surface area contributed by atoms with E-state index in [0.29, 0.717) is 42.3 Å². The number of fused-ring (bicyclic) bond motifs is 2. The van der Waals surface area contributed by atoms with Crippen LogP contribution in [0.3, 0.4) is 0 Å². The van der Waals surface area contributed by atoms with Crippen molar-refractivity contribution >= 4 is 28.2 Å². The van der Waals surface area contributed by atoms with Crippen LogP contribution in [-0.2, 0) is 9.53 Å². The number of hydrogen-bond donors (Lipinski definition) is 2. The summed E-state index contributed by atoms with van der Waals surface area (Å²) in [5.41, 5.74) is 1.61. The normalized spacial score (nSPS) is 21.9. The van der Waals surface area contributed by atoms with Crippen molar-refractivity contribution in [3.05, 3.63) is 84.8 Å². The van der Waals surface area contributed by atoms with Gasteiger partial charge in [-0.25, -0.2) is 4.39 Å². The highest BCUT2D eigenvalue weighted by atomic mass is 19.1. The topological polar surface area (TPSA) is 81.7 Å². The van der Waals surface area contributed by atoms with Gasteiger partial charge in [0.15, 0.2) is 11.6 Å². The maximum absolute atomic E-state index is 15.1. The van der Waals surface area contributed by atoms with Crippen LogP contribution in [0.5, 0.6) is 17.2 Å². The minimum absolute atomic E-state index is 0.0190. The molecule has 40 heavy (non-hydrogen) atoms. The van der Waals surface area contributed by atoms with Crippen molar-refractivity contribution in [3.63, 3.8) is 0 Å². The van der Waals surface area contributed by atoms with E-state index in [9.17, 15) is 4.79 Å². The van der Waals surface area contributed by atoms with Crippen molar-refractivity contribution in [2.45, 2.75) is 12.8 Å². The molecule has 2 atom stereocenters. The number of nitrogens with zero attached hydrogens (tertiary/aromatic N) is 1. The molecule has 0 spiro atoms. The number of rotatable bonds is 10. The third-order valence-corrected chi connectivity index (χ3v) is 8.40. The maximum atomic E-state index is 15.1. The number of anilines is 2. The highest BCUT2D eigenvalue weighted by Gasteiger charge is 2.54. The van der Waals surface area contributed by atoms with E-state index in [1.165, 1.54) is 6.07 Å². The predicted molar refractivity (Wildman–Crippen MR) is 150 cm³/mol. The van der Waals surface area contributed by atoms with Crippen LogP contribution in [0.15, 0.2) is 79.0 Å². The van der Waals surface area contributed by atoms with Crippen LogP contribution in [0.25, 0.3) is 10.9 Å². The van der Waals surface area contributed by atoms with Gasteiger partial charge in [-0.05, 0) is 67.1 Å². The van der Waals surface area contributed by atoms with Gasteiger partial charge >= 0.3 is 0 Å². The lowest BCUT2D eigenvalue weighted by molar-refractivity contribution is -0.120. The lowest BCUT2D eigenvalue weighted by Crippen LogP contribution is -2.30. The van der Waals surface area contributed by atoms with Gasteiger partial charge in [0.2, 0.25) is 5.91 Å². The fourth-order valence-corrected chi connectivity index (χ4v) is 5.58. The number of benzene rings is 3. The van der Waals surface area contributed by atoms with Crippen LogP contribution < -0.4 is 20.1 Å². The van der Waals surface area contributed by atoms with E-state index < -0.39 is 11.2 Å². The van der Waals surface area contributed by atoms with Crippen molar-refractivity contribution in [1.29, 1.82) is 0 Å². The van der Waals surface area contributed by atoms with Gasteiger partial charge in [-0.3, -0.25) is 9.78 Å². The lowest BCUT2D eigenvalue weighted by Gasteiger charge is -2.17. The zero-order valence-corrected chi connectivity index (χ0v) is 21.9. The van der Waals surface area contributed by atoms with Gasteiger partial charge in [0, 0.05) is 47.6 Å². The Bertz CT molecular complexity index is 1550. The van der Waals surface area contributed by atoms with Crippen LogP contribution in [0.2, 0.25) is 0 Å². The second-order valence-corrected chi connectivity index (χ2v) is 11.0. The van der Waals surface area contributed by atoms with Gasteiger partial charge in [-0.15, -0.1) is 0 Å². The van der Waals surface area contributed by atoms with E-state index in [2.05, 4.69) is 15.6 Å². The summed E-state index contributed by atoms with van der Waals surface area (Å²) in [5.74, 6) is 2.74. The van der Waals surface area contributed by atoms with Gasteiger partial charge in [0.05, 0.1) is 30.8 Å². The molecule has 1 saturated heterocycles. The number of halogens is 1. The van der Waals surface area contributed by atoms with Gasteiger partial charge < -0.3 is 24.8 Å². The molecule has 8 heteroatoms. The molecule has 204 valence electrons. The number of ether oxygens (including phenoxy) is 3. The van der Waals surface area contributed by atoms with Crippen LogP contribution in [0.1, 0.15) is 12.8 Å². The fraction of sp³-hybridized carbons (Fsp3) is 0.312. The van der Waals surface area contributed by atoms with E-state index in [1.807, 2.05) is 48.5 Å². The highest BCUT2D eigenvalue weighted by molar-refractivity contribution is 5.97. The molecule has 0 bridgehead atoms. The zero-order chi connectivity index (χ0) is 27.1. The monoisotopic (exact) mass is 539 g/mol. The van der Waals surface area contributed by atoms with Crippen molar-refractivity contribution in [2.24, 2.45) is 23.2 Å². The van der Waals surface area contributed by atoms with E-state index in [-0.39, 0.29) is 11.7 Å². The molecule has 2 aliphatic carbocycles. The molecule has 1 amide bonds. The number of carbonyl (C=O) groups excluding carboxylic acids is 1. The average molecular weight is 540 g/mol. The molecular formula is C32H30FN3O4. The standard InChI is InChI=1S/C32H30FN3O4/c33-27-14-21(35-19-32(11-12-32)31(37)36-20-4-2-1-3-5-20)6-9-30(27)40-29-10-13-34-28-15-22(7-8-23(28)29)39-18-26-24-16-38-17-25(24)26/h1-10,13-15,24-26,35H,11-12,16-19H2,(H,36,37). The van der Waals surface area contributed by atoms with Gasteiger partial charge in [0.25, 0.3) is 0 Å². The summed E-state index contributed by atoms with van der Waals surface area (Å²) < 4.78 is 32.5. The molecule has 3 aliphatic rings. The number of amides is 1. The van der Waals surface area contributed by atoms with Crippen molar-refractivity contribution in [1.82, 2.24) is 4.98 Å². The molecule has 3 aromatic carbocycles. The first-order chi connectivity index (χ1) is 19.6. The smallest absolute Gasteiger partial charge is 0.232 e. The molecule has 7 rings (SSSR count). The second-order valence-electron chi connectivity index (χ2n) is 11.0. The largest absolute Gasteiger partial charge is 0.493 e. The number of carbonyl (C=O) groups is 1. The summed E-state index contributed by atoms with van der Waals surface area (Å²) >= 11 is 0. The lowest BCUT2D eigenvalue weighted by atomic mass is 10.1. The Morgan fingerprint density at radius 2 is 1.80 bits per heavy atom. The number of aromatic nitrogens is 1. The number of nitrogens with one attached hydrogen (secondary N) is 2. The van der Waals surface area contributed by atoms with E-state index in [4.69, 9.17) is 14.2 Å². The van der Waals surface area contributed by atoms with Crippen molar-refractivity contribution in [3.8, 4) is 17.2 Å². The minimum Gasteiger partial charge on any atom is -0.493 e. The van der Waals surface area contributed by atoms with Crippen molar-refractivity contribution < 1.29 is 23.4 Å². The fourth-order valence-electron chi connectivity index (χ4n) is 5.58. The third-order valence-electron chi connectivity index (χ3n) is 8.40. The van der Waals surface area contributed by atoms with E-state index in [1.54, 1.807) is 24.4 Å². The third kappa shape index (κ3) is 4.95. The minimum atomic E-state index is -0.493. The first kappa shape index (κ1) is 24.8. The molecule has 0 radical (unpaired) electrons. The summed E-state index contributed by atoms with van der Waals surface area (Å²) in [4.78, 5) is 17.3. The number of hydrogen-bond acceptors (Lipinski definition) is 6. The van der Waals surface area contributed by atoms with Gasteiger partial charge in [-0.2, -0.15) is 0 Å². The Kier molecular flexibility index (Phi) is 6.27. The van der Waals surface area contributed by atoms with E-state index in [0.717, 1.165) is 48.4 Å². The molecule has 7 nitrogen and oxygen atoms in total. The summed E-state index contributed by atoms with van der Waals surface area (Å²) in [6, 6.07) is 21.6. The Hall–Kier alpha value is -4.17. The molecule has 2 heterocycles. The Morgan fingerprint density at radius 1 is 0.975 bits per heavy atom. The van der Waals surface area contributed by atoms with Crippen LogP contribution >= 0.6 is 0 Å². The molecule has 4 aromatic rings. The summed E-state index contributed by atoms with van der Waals surface area (Å²) in [6.45, 7) is 2.81. The summed E-state index contributed by atoms with van der Waals surface area (Å²) in [7, 11) is 0. The quantitative estimate of drug-likeness (QED) is 0.247. The SMILES string of the molecule is O=C(Nc1ccccc1)C1(CNc2ccc(Oc3ccnc4cc(OCC5C6COCC65)ccc34)c(F)c2)CC1. The Morgan fingerprint density at radius 3 is 2.58 bits per heavy atom. The van der Waals surface area contributed by atoms with Crippen molar-refractivity contribution in [2.75, 3.05) is 37.0 Å². The predicted octanol–water partition coefficient (Wildman–Crippen LogP) is 6.27. The van der Waals surface area contributed by atoms with E-state index >= 15 is 4.39 Å². The van der Waals surface area contributed by atoms with Gasteiger partial charge in [0.1, 0.15) is 11.5 Å². The highest BCUT2D eigenvalue weighted by Crippen LogP contribution is 2.50. The maximum Gasteiger partial charge on any atom is 0.232 e. The zero-order valence-electron chi connectivity index (χ0n) is 21.9. The number of pyridine rings is 1. The first-order valence-corrected chi connectivity index (χ1v) is 13.8. The summed E-state index contributed by atoms with van der Waals surface area (Å²) in [5, 5.41) is 6.98. The van der Waals surface area contributed by atoms with Gasteiger partial charge in [-0.1, -0.05) is 18.2 Å². The molecule has 1 aromatic heterocycles. The molecule has 2 saturated carbocycles. The van der Waals surface area contributed by atoms with Crippen LogP contribution in [0, 0.1) is 29.0 Å². The summed E-state index contributed by atoms with van der Waals surface area (Å²) in [6.07, 6.45) is 3.23. The first-order valence-electron chi connectivity index (χ1n) is 13.8. The van der Waals surface area contributed by atoms with Crippen LogP contribution in [0.4, 0.5) is 15.8 Å². The molecular weight excluding hydrogens is 509 g/mol. The molecule has 3 fully saturated rings. The second kappa shape index (κ2) is 10.1. The Balaban J connectivity index is 0.983. The average Bonchev–Trinajstić information content (AvgIpc) is 3.86.